The molecule has 0 fully saturated rings. The topological polar surface area (TPSA) is 43.1 Å². The van der Waals surface area contributed by atoms with E-state index in [-0.39, 0.29) is 0 Å². The summed E-state index contributed by atoms with van der Waals surface area (Å²) in [6.07, 6.45) is 2.50. The molecule has 5 heteroatoms. The van der Waals surface area contributed by atoms with Gasteiger partial charge in [-0.1, -0.05) is 6.07 Å². The molecule has 0 saturated carbocycles. The van der Waals surface area contributed by atoms with E-state index in [0.717, 1.165) is 35.5 Å². The van der Waals surface area contributed by atoms with Gasteiger partial charge >= 0.3 is 0 Å². The van der Waals surface area contributed by atoms with Gasteiger partial charge in [-0.05, 0) is 36.5 Å². The summed E-state index contributed by atoms with van der Waals surface area (Å²) in [6.45, 7) is 0.777. The first kappa shape index (κ1) is 12.0. The van der Waals surface area contributed by atoms with E-state index in [1.807, 2.05) is 30.3 Å². The minimum absolute atomic E-state index is 0.700. The van der Waals surface area contributed by atoms with Gasteiger partial charge in [-0.25, -0.2) is 0 Å². The number of H-pyrrole nitrogens is 1. The van der Waals surface area contributed by atoms with Gasteiger partial charge < -0.3 is 18.7 Å². The summed E-state index contributed by atoms with van der Waals surface area (Å²) in [4.78, 5) is 3.20. The third-order valence-electron chi connectivity index (χ3n) is 3.15. The maximum absolute atomic E-state index is 5.38. The monoisotopic (exact) mass is 274 g/mol. The maximum atomic E-state index is 5.38. The first-order chi connectivity index (χ1) is 9.29. The van der Waals surface area contributed by atoms with E-state index in [0.29, 0.717) is 4.77 Å². The van der Waals surface area contributed by atoms with Crippen molar-refractivity contribution in [3.05, 3.63) is 47.1 Å². The Morgan fingerprint density at radius 1 is 1.32 bits per heavy atom. The number of hydrogen-bond acceptors (Lipinski definition) is 3. The van der Waals surface area contributed by atoms with E-state index in [4.69, 9.17) is 21.4 Å². The number of methoxy groups -OCH3 is 1. The second-order valence-corrected chi connectivity index (χ2v) is 4.65. The molecule has 0 unspecified atom stereocenters. The van der Waals surface area contributed by atoms with Crippen LogP contribution in [-0.4, -0.2) is 16.7 Å². The van der Waals surface area contributed by atoms with Gasteiger partial charge in [0.25, 0.3) is 0 Å². The minimum atomic E-state index is 0.700. The lowest BCUT2D eigenvalue weighted by Crippen LogP contribution is -2.00. The summed E-state index contributed by atoms with van der Waals surface area (Å²) in [5.74, 6) is 1.76. The summed E-state index contributed by atoms with van der Waals surface area (Å²) >= 11 is 5.38. The van der Waals surface area contributed by atoms with E-state index < -0.39 is 0 Å². The average molecular weight is 274 g/mol. The van der Waals surface area contributed by atoms with Crippen molar-refractivity contribution in [1.82, 2.24) is 9.55 Å². The molecule has 0 bridgehead atoms. The lowest BCUT2D eigenvalue weighted by atomic mass is 10.3. The fourth-order valence-corrected chi connectivity index (χ4v) is 2.51. The van der Waals surface area contributed by atoms with Crippen LogP contribution in [-0.2, 0) is 13.0 Å². The van der Waals surface area contributed by atoms with Crippen LogP contribution < -0.4 is 4.74 Å². The number of imidazole rings is 1. The van der Waals surface area contributed by atoms with Gasteiger partial charge in [-0.2, -0.15) is 0 Å². The molecule has 3 rings (SSSR count). The molecule has 0 aliphatic rings. The molecule has 0 atom stereocenters. The van der Waals surface area contributed by atoms with Gasteiger partial charge in [0.05, 0.1) is 18.9 Å². The maximum Gasteiger partial charge on any atom is 0.178 e. The van der Waals surface area contributed by atoms with Gasteiger partial charge in [0.1, 0.15) is 17.0 Å². The summed E-state index contributed by atoms with van der Waals surface area (Å²) in [5.41, 5.74) is 1.99. The van der Waals surface area contributed by atoms with Crippen molar-refractivity contribution >= 4 is 23.3 Å². The Bertz CT molecular complexity index is 740. The van der Waals surface area contributed by atoms with Crippen LogP contribution in [0.5, 0.6) is 5.75 Å². The number of hydrogen-bond donors (Lipinski definition) is 1. The van der Waals surface area contributed by atoms with E-state index in [1.54, 1.807) is 13.4 Å². The van der Waals surface area contributed by atoms with Crippen molar-refractivity contribution in [3.8, 4) is 5.75 Å². The number of rotatable bonds is 4. The normalized spacial score (nSPS) is 11.0. The molecule has 98 valence electrons. The molecule has 0 amide bonds. The van der Waals surface area contributed by atoms with Crippen LogP contribution in [0.2, 0.25) is 0 Å². The van der Waals surface area contributed by atoms with E-state index in [9.17, 15) is 0 Å². The summed E-state index contributed by atoms with van der Waals surface area (Å²) in [5, 5.41) is 0. The predicted molar refractivity (Wildman–Crippen MR) is 76.1 cm³/mol. The van der Waals surface area contributed by atoms with E-state index >= 15 is 0 Å². The molecular weight excluding hydrogens is 260 g/mol. The van der Waals surface area contributed by atoms with Crippen molar-refractivity contribution in [1.29, 1.82) is 0 Å². The smallest absolute Gasteiger partial charge is 0.178 e. The summed E-state index contributed by atoms with van der Waals surface area (Å²) < 4.78 is 13.4. The molecule has 0 saturated heterocycles. The Balaban J connectivity index is 1.99. The number of aryl methyl sites for hydroxylation is 2. The standard InChI is InChI=1S/C14H14N2O2S/c1-17-12-6-2-5-11-13(12)15-14(19)16(11)8-7-10-4-3-9-18-10/h2-6,9H,7-8H2,1H3,(H,15,19). The van der Waals surface area contributed by atoms with Gasteiger partial charge in [0, 0.05) is 13.0 Å². The highest BCUT2D eigenvalue weighted by Crippen LogP contribution is 2.24. The molecule has 2 aromatic heterocycles. The molecule has 1 aromatic carbocycles. The van der Waals surface area contributed by atoms with Crippen LogP contribution in [0, 0.1) is 4.77 Å². The average Bonchev–Trinajstić information content (AvgIpc) is 3.03. The summed E-state index contributed by atoms with van der Waals surface area (Å²) in [6, 6.07) is 9.79. The van der Waals surface area contributed by atoms with Crippen LogP contribution in [0.1, 0.15) is 5.76 Å². The molecule has 3 aromatic rings. The Kier molecular flexibility index (Phi) is 3.13. The molecule has 0 radical (unpaired) electrons. The number of aromatic amines is 1. The first-order valence-electron chi connectivity index (χ1n) is 6.07. The number of fused-ring (bicyclic) bond motifs is 1. The van der Waals surface area contributed by atoms with E-state index in [2.05, 4.69) is 9.55 Å². The Morgan fingerprint density at radius 3 is 2.95 bits per heavy atom. The zero-order valence-electron chi connectivity index (χ0n) is 10.6. The summed E-state index contributed by atoms with van der Waals surface area (Å²) in [7, 11) is 1.66. The third kappa shape index (κ3) is 2.17. The van der Waals surface area contributed by atoms with Crippen LogP contribution in [0.25, 0.3) is 11.0 Å². The zero-order chi connectivity index (χ0) is 13.2. The van der Waals surface area contributed by atoms with Gasteiger partial charge in [0.15, 0.2) is 4.77 Å². The number of benzene rings is 1. The molecule has 0 aliphatic carbocycles. The van der Waals surface area contributed by atoms with Crippen molar-refractivity contribution < 1.29 is 9.15 Å². The first-order valence-corrected chi connectivity index (χ1v) is 6.48. The van der Waals surface area contributed by atoms with Crippen LogP contribution in [0.3, 0.4) is 0 Å². The molecule has 0 spiro atoms. The lowest BCUT2D eigenvalue weighted by Gasteiger charge is -2.04. The molecular formula is C14H14N2O2S. The minimum Gasteiger partial charge on any atom is -0.494 e. The Hall–Kier alpha value is -2.01. The third-order valence-corrected chi connectivity index (χ3v) is 3.48. The van der Waals surface area contributed by atoms with Gasteiger partial charge in [-0.3, -0.25) is 0 Å². The Labute approximate surface area is 115 Å². The largest absolute Gasteiger partial charge is 0.494 e. The quantitative estimate of drug-likeness (QED) is 0.740. The van der Waals surface area contributed by atoms with Crippen LogP contribution >= 0.6 is 12.2 Å². The van der Waals surface area contributed by atoms with E-state index in [1.165, 1.54) is 0 Å². The number of furan rings is 1. The predicted octanol–water partition coefficient (Wildman–Crippen LogP) is 3.54. The van der Waals surface area contributed by atoms with Gasteiger partial charge in [0.2, 0.25) is 0 Å². The second kappa shape index (κ2) is 4.93. The van der Waals surface area contributed by atoms with Crippen LogP contribution in [0.15, 0.2) is 41.0 Å². The number of aromatic nitrogens is 2. The molecule has 4 nitrogen and oxygen atoms in total. The second-order valence-electron chi connectivity index (χ2n) is 4.27. The van der Waals surface area contributed by atoms with Crippen molar-refractivity contribution in [2.24, 2.45) is 0 Å². The fourth-order valence-electron chi connectivity index (χ4n) is 2.22. The zero-order valence-corrected chi connectivity index (χ0v) is 11.4. The molecule has 1 N–H and O–H groups in total. The fraction of sp³-hybridized carbons (Fsp3) is 0.214. The highest BCUT2D eigenvalue weighted by Gasteiger charge is 2.09. The van der Waals surface area contributed by atoms with Crippen molar-refractivity contribution in [2.75, 3.05) is 7.11 Å². The highest BCUT2D eigenvalue weighted by atomic mass is 32.1. The number of nitrogens with one attached hydrogen (secondary N) is 1. The van der Waals surface area contributed by atoms with Crippen molar-refractivity contribution in [3.63, 3.8) is 0 Å². The SMILES string of the molecule is COc1cccc2c1[nH]c(=S)n2CCc1ccco1. The number of nitrogens with zero attached hydrogens (tertiary/aromatic N) is 1. The van der Waals surface area contributed by atoms with Crippen LogP contribution in [0.4, 0.5) is 0 Å². The number of ether oxygens (including phenoxy) is 1. The van der Waals surface area contributed by atoms with Crippen molar-refractivity contribution in [2.45, 2.75) is 13.0 Å². The number of para-hydroxylation sites is 1. The lowest BCUT2D eigenvalue weighted by molar-refractivity contribution is 0.419. The highest BCUT2D eigenvalue weighted by molar-refractivity contribution is 7.71. The molecule has 0 aliphatic heterocycles. The molecule has 19 heavy (non-hydrogen) atoms. The molecule has 2 heterocycles. The van der Waals surface area contributed by atoms with Gasteiger partial charge in [-0.15, -0.1) is 0 Å². The Morgan fingerprint density at radius 2 is 2.21 bits per heavy atom.